The highest BCUT2D eigenvalue weighted by Gasteiger charge is 2.32. The number of amides is 2. The molecular weight excluding hydrogens is 368 g/mol. The van der Waals surface area contributed by atoms with Gasteiger partial charge in [-0.1, -0.05) is 29.8 Å². The van der Waals surface area contributed by atoms with Crippen LogP contribution < -0.4 is 0 Å². The molecule has 1 atom stereocenters. The lowest BCUT2D eigenvalue weighted by molar-refractivity contribution is -0.134. The molecule has 1 aliphatic heterocycles. The van der Waals surface area contributed by atoms with Crippen LogP contribution in [0.5, 0.6) is 0 Å². The van der Waals surface area contributed by atoms with Crippen molar-refractivity contribution in [2.45, 2.75) is 45.6 Å². The lowest BCUT2D eigenvalue weighted by Crippen LogP contribution is -2.52. The molecule has 156 valence electrons. The van der Waals surface area contributed by atoms with Crippen LogP contribution in [0.15, 0.2) is 47.1 Å². The third-order valence-electron chi connectivity index (χ3n) is 5.01. The molecule has 0 aliphatic carbocycles. The molecule has 1 aromatic carbocycles. The highest BCUT2D eigenvalue weighted by atomic mass is 16.6. The monoisotopic (exact) mass is 398 g/mol. The van der Waals surface area contributed by atoms with Crippen LogP contribution in [0.3, 0.4) is 0 Å². The summed E-state index contributed by atoms with van der Waals surface area (Å²) in [5, 5.41) is 0. The zero-order chi connectivity index (χ0) is 21.0. The van der Waals surface area contributed by atoms with Gasteiger partial charge in [0, 0.05) is 32.6 Å². The Labute approximate surface area is 172 Å². The first-order valence-electron chi connectivity index (χ1n) is 10.1. The van der Waals surface area contributed by atoms with Crippen LogP contribution >= 0.6 is 0 Å². The molecule has 2 heterocycles. The third-order valence-corrected chi connectivity index (χ3v) is 5.01. The van der Waals surface area contributed by atoms with Gasteiger partial charge in [0.1, 0.15) is 11.4 Å². The fourth-order valence-corrected chi connectivity index (χ4v) is 3.43. The number of benzene rings is 1. The normalized spacial score (nSPS) is 15.9. The summed E-state index contributed by atoms with van der Waals surface area (Å²) in [6.07, 6.45) is 1.82. The molecule has 0 N–H and O–H groups in total. The predicted molar refractivity (Wildman–Crippen MR) is 111 cm³/mol. The van der Waals surface area contributed by atoms with Crippen molar-refractivity contribution in [1.82, 2.24) is 9.80 Å². The number of nitrogens with zero attached hydrogens (tertiary/aromatic N) is 2. The summed E-state index contributed by atoms with van der Waals surface area (Å²) >= 11 is 0. The first-order chi connectivity index (χ1) is 13.7. The van der Waals surface area contributed by atoms with Gasteiger partial charge in [0.25, 0.3) is 0 Å². The average Bonchev–Trinajstić information content (AvgIpc) is 3.18. The van der Waals surface area contributed by atoms with E-state index in [1.165, 1.54) is 0 Å². The van der Waals surface area contributed by atoms with Gasteiger partial charge < -0.3 is 19.0 Å². The van der Waals surface area contributed by atoms with Gasteiger partial charge in [-0.3, -0.25) is 4.79 Å². The van der Waals surface area contributed by atoms with Crippen LogP contribution in [0.4, 0.5) is 4.79 Å². The van der Waals surface area contributed by atoms with Crippen LogP contribution in [-0.2, 0) is 16.0 Å². The van der Waals surface area contributed by atoms with Crippen LogP contribution in [0.25, 0.3) is 0 Å². The van der Waals surface area contributed by atoms with E-state index < -0.39 is 5.60 Å². The maximum Gasteiger partial charge on any atom is 0.410 e. The van der Waals surface area contributed by atoms with Gasteiger partial charge >= 0.3 is 6.09 Å². The summed E-state index contributed by atoms with van der Waals surface area (Å²) in [7, 11) is 0. The minimum absolute atomic E-state index is 0.0640. The predicted octanol–water partition coefficient (Wildman–Crippen LogP) is 3.99. The SMILES string of the molecule is Cc1ccc(C(Cc2ccco2)C(=O)N2CCN(C(=O)OC(C)(C)C)CC2)cc1. The Kier molecular flexibility index (Phi) is 6.30. The van der Waals surface area contributed by atoms with Gasteiger partial charge in [-0.2, -0.15) is 0 Å². The molecule has 0 radical (unpaired) electrons. The molecule has 29 heavy (non-hydrogen) atoms. The Bertz CT molecular complexity index is 814. The lowest BCUT2D eigenvalue weighted by atomic mass is 9.92. The van der Waals surface area contributed by atoms with Crippen molar-refractivity contribution in [1.29, 1.82) is 0 Å². The molecule has 0 saturated carbocycles. The number of carbonyl (C=O) groups is 2. The molecule has 1 aliphatic rings. The molecule has 1 unspecified atom stereocenters. The number of ether oxygens (including phenoxy) is 1. The molecule has 1 saturated heterocycles. The molecule has 0 bridgehead atoms. The van der Waals surface area contributed by atoms with Gasteiger partial charge in [0.15, 0.2) is 0 Å². The zero-order valence-corrected chi connectivity index (χ0v) is 17.7. The zero-order valence-electron chi connectivity index (χ0n) is 17.7. The van der Waals surface area contributed by atoms with Crippen molar-refractivity contribution >= 4 is 12.0 Å². The quantitative estimate of drug-likeness (QED) is 0.781. The molecule has 1 fully saturated rings. The topological polar surface area (TPSA) is 63.0 Å². The Morgan fingerprint density at radius 3 is 2.21 bits per heavy atom. The van der Waals surface area contributed by atoms with Crippen molar-refractivity contribution < 1.29 is 18.7 Å². The Morgan fingerprint density at radius 2 is 1.66 bits per heavy atom. The molecule has 0 spiro atoms. The number of hydrogen-bond acceptors (Lipinski definition) is 4. The van der Waals surface area contributed by atoms with Gasteiger partial charge in [0.05, 0.1) is 12.2 Å². The second kappa shape index (κ2) is 8.72. The van der Waals surface area contributed by atoms with E-state index in [-0.39, 0.29) is 17.9 Å². The Balaban J connectivity index is 1.68. The number of aryl methyl sites for hydroxylation is 1. The summed E-state index contributed by atoms with van der Waals surface area (Å²) in [6, 6.07) is 11.8. The van der Waals surface area contributed by atoms with E-state index in [0.29, 0.717) is 32.6 Å². The highest BCUT2D eigenvalue weighted by molar-refractivity contribution is 5.84. The largest absolute Gasteiger partial charge is 0.469 e. The smallest absolute Gasteiger partial charge is 0.410 e. The molecule has 2 aromatic rings. The van der Waals surface area contributed by atoms with Crippen LogP contribution in [0, 0.1) is 6.92 Å². The minimum atomic E-state index is -0.524. The van der Waals surface area contributed by atoms with E-state index in [9.17, 15) is 9.59 Å². The van der Waals surface area contributed by atoms with Crippen LogP contribution in [0.1, 0.15) is 43.6 Å². The summed E-state index contributed by atoms with van der Waals surface area (Å²) in [5.41, 5.74) is 1.61. The van der Waals surface area contributed by atoms with E-state index in [1.54, 1.807) is 11.2 Å². The molecule has 6 heteroatoms. The first-order valence-corrected chi connectivity index (χ1v) is 10.1. The maximum absolute atomic E-state index is 13.4. The summed E-state index contributed by atoms with van der Waals surface area (Å²) in [5.74, 6) is 0.542. The maximum atomic E-state index is 13.4. The Hall–Kier alpha value is -2.76. The van der Waals surface area contributed by atoms with Crippen molar-refractivity contribution in [3.63, 3.8) is 0 Å². The van der Waals surface area contributed by atoms with Crippen molar-refractivity contribution in [3.8, 4) is 0 Å². The minimum Gasteiger partial charge on any atom is -0.469 e. The molecule has 6 nitrogen and oxygen atoms in total. The number of hydrogen-bond donors (Lipinski definition) is 0. The van der Waals surface area contributed by atoms with Gasteiger partial charge in [-0.05, 0) is 45.4 Å². The van der Waals surface area contributed by atoms with E-state index in [4.69, 9.17) is 9.15 Å². The van der Waals surface area contributed by atoms with Crippen LogP contribution in [-0.4, -0.2) is 53.6 Å². The van der Waals surface area contributed by atoms with E-state index in [0.717, 1.165) is 16.9 Å². The summed E-state index contributed by atoms with van der Waals surface area (Å²) < 4.78 is 10.9. The summed E-state index contributed by atoms with van der Waals surface area (Å²) in [6.45, 7) is 9.53. The van der Waals surface area contributed by atoms with E-state index >= 15 is 0 Å². The van der Waals surface area contributed by atoms with Crippen molar-refractivity contribution in [2.75, 3.05) is 26.2 Å². The average molecular weight is 399 g/mol. The highest BCUT2D eigenvalue weighted by Crippen LogP contribution is 2.25. The third kappa shape index (κ3) is 5.62. The molecule has 2 amide bonds. The Morgan fingerprint density at radius 1 is 1.03 bits per heavy atom. The molecule has 3 rings (SSSR count). The first kappa shape index (κ1) is 21.0. The molecule has 1 aromatic heterocycles. The fourth-order valence-electron chi connectivity index (χ4n) is 3.43. The summed E-state index contributed by atoms with van der Waals surface area (Å²) in [4.78, 5) is 29.2. The van der Waals surface area contributed by atoms with E-state index in [1.807, 2.05) is 69.0 Å². The fraction of sp³-hybridized carbons (Fsp3) is 0.478. The van der Waals surface area contributed by atoms with Crippen LogP contribution in [0.2, 0.25) is 0 Å². The molecular formula is C23H30N2O4. The van der Waals surface area contributed by atoms with Crippen molar-refractivity contribution in [3.05, 3.63) is 59.5 Å². The van der Waals surface area contributed by atoms with Crippen molar-refractivity contribution in [2.24, 2.45) is 0 Å². The van der Waals surface area contributed by atoms with E-state index in [2.05, 4.69) is 0 Å². The standard InChI is InChI=1S/C23H30N2O4/c1-17-7-9-18(10-8-17)20(16-19-6-5-15-28-19)21(26)24-11-13-25(14-12-24)22(27)29-23(2,3)4/h5-10,15,20H,11-14,16H2,1-4H3. The lowest BCUT2D eigenvalue weighted by Gasteiger charge is -2.37. The number of rotatable bonds is 4. The number of piperazine rings is 1. The second-order valence-electron chi connectivity index (χ2n) is 8.54. The second-order valence-corrected chi connectivity index (χ2v) is 8.54. The van der Waals surface area contributed by atoms with Gasteiger partial charge in [0.2, 0.25) is 5.91 Å². The number of carbonyl (C=O) groups excluding carboxylic acids is 2. The van der Waals surface area contributed by atoms with Gasteiger partial charge in [-0.25, -0.2) is 4.79 Å². The van der Waals surface area contributed by atoms with Gasteiger partial charge in [-0.15, -0.1) is 0 Å². The number of furan rings is 1.